The third kappa shape index (κ3) is 2.80. The van der Waals surface area contributed by atoms with E-state index in [-0.39, 0.29) is 10.9 Å². The molecule has 6 heteroatoms. The number of nitrogens with zero attached hydrogens (tertiary/aromatic N) is 1. The van der Waals surface area contributed by atoms with Crippen LogP contribution in [0.1, 0.15) is 12.8 Å². The highest BCUT2D eigenvalue weighted by Gasteiger charge is 2.28. The van der Waals surface area contributed by atoms with Crippen molar-refractivity contribution in [1.82, 2.24) is 4.31 Å². The van der Waals surface area contributed by atoms with Gasteiger partial charge in [0.25, 0.3) is 0 Å². The van der Waals surface area contributed by atoms with Crippen molar-refractivity contribution in [3.05, 3.63) is 29.3 Å². The molecule has 0 spiro atoms. The molecule has 0 radical (unpaired) electrons. The van der Waals surface area contributed by atoms with E-state index in [4.69, 9.17) is 17.3 Å². The Kier molecular flexibility index (Phi) is 3.73. The molecular weight excluding hydrogens is 260 g/mol. The van der Waals surface area contributed by atoms with Crippen LogP contribution in [0, 0.1) is 0 Å². The van der Waals surface area contributed by atoms with E-state index in [1.54, 1.807) is 18.2 Å². The van der Waals surface area contributed by atoms with Crippen LogP contribution >= 0.6 is 11.6 Å². The zero-order chi connectivity index (χ0) is 12.5. The van der Waals surface area contributed by atoms with Gasteiger partial charge in [0.1, 0.15) is 0 Å². The first-order valence-corrected chi connectivity index (χ1v) is 7.33. The van der Waals surface area contributed by atoms with Gasteiger partial charge >= 0.3 is 0 Å². The Labute approximate surface area is 106 Å². The van der Waals surface area contributed by atoms with Crippen molar-refractivity contribution in [3.63, 3.8) is 0 Å². The van der Waals surface area contributed by atoms with Crippen molar-refractivity contribution >= 4 is 21.6 Å². The number of hydrogen-bond donors (Lipinski definition) is 1. The van der Waals surface area contributed by atoms with Crippen LogP contribution in [0.2, 0.25) is 5.02 Å². The maximum Gasteiger partial charge on any atom is 0.243 e. The minimum absolute atomic E-state index is 0.0716. The quantitative estimate of drug-likeness (QED) is 0.888. The first kappa shape index (κ1) is 12.8. The van der Waals surface area contributed by atoms with E-state index in [1.807, 2.05) is 0 Å². The first-order valence-electron chi connectivity index (χ1n) is 5.51. The summed E-state index contributed by atoms with van der Waals surface area (Å²) in [6.45, 7) is 0.914. The fourth-order valence-electron chi connectivity index (χ4n) is 1.97. The van der Waals surface area contributed by atoms with Crippen molar-refractivity contribution < 1.29 is 8.42 Å². The predicted octanol–water partition coefficient (Wildman–Crippen LogP) is 1.45. The van der Waals surface area contributed by atoms with Gasteiger partial charge in [-0.3, -0.25) is 0 Å². The molecule has 4 nitrogen and oxygen atoms in total. The molecule has 1 aromatic rings. The second-order valence-electron chi connectivity index (χ2n) is 4.22. The Bertz CT molecular complexity index is 504. The molecule has 0 saturated carbocycles. The molecule has 1 aliphatic rings. The van der Waals surface area contributed by atoms with E-state index in [9.17, 15) is 8.42 Å². The zero-order valence-electron chi connectivity index (χ0n) is 9.34. The molecule has 17 heavy (non-hydrogen) atoms. The van der Waals surface area contributed by atoms with Gasteiger partial charge in [-0.1, -0.05) is 17.7 Å². The molecular formula is C11H15ClN2O2S. The van der Waals surface area contributed by atoms with Gasteiger partial charge in [0, 0.05) is 24.2 Å². The molecule has 0 aliphatic carbocycles. The van der Waals surface area contributed by atoms with Crippen molar-refractivity contribution in [3.8, 4) is 0 Å². The van der Waals surface area contributed by atoms with Gasteiger partial charge in [-0.15, -0.1) is 0 Å². The monoisotopic (exact) mass is 274 g/mol. The Balaban J connectivity index is 2.29. The average Bonchev–Trinajstić information content (AvgIpc) is 2.29. The van der Waals surface area contributed by atoms with Crippen molar-refractivity contribution in [2.75, 3.05) is 13.1 Å². The lowest BCUT2D eigenvalue weighted by molar-refractivity contribution is 0.316. The molecule has 1 fully saturated rings. The lowest BCUT2D eigenvalue weighted by Gasteiger charge is -2.29. The summed E-state index contributed by atoms with van der Waals surface area (Å²) in [7, 11) is -3.45. The third-order valence-electron chi connectivity index (χ3n) is 2.85. The summed E-state index contributed by atoms with van der Waals surface area (Å²) < 4.78 is 26.0. The second kappa shape index (κ2) is 4.94. The Hall–Kier alpha value is -0.620. The summed E-state index contributed by atoms with van der Waals surface area (Å²) in [5.74, 6) is 0. The first-order chi connectivity index (χ1) is 8.00. The number of piperidine rings is 1. The maximum atomic E-state index is 12.3. The Morgan fingerprint density at radius 3 is 2.82 bits per heavy atom. The minimum Gasteiger partial charge on any atom is -0.327 e. The lowest BCUT2D eigenvalue weighted by Crippen LogP contribution is -2.45. The maximum absolute atomic E-state index is 12.3. The van der Waals surface area contributed by atoms with E-state index < -0.39 is 10.0 Å². The van der Waals surface area contributed by atoms with E-state index >= 15 is 0 Å². The number of sulfonamides is 1. The number of rotatable bonds is 2. The third-order valence-corrected chi connectivity index (χ3v) is 4.95. The molecule has 2 rings (SSSR count). The van der Waals surface area contributed by atoms with Crippen LogP contribution in [0.4, 0.5) is 0 Å². The molecule has 94 valence electrons. The molecule has 1 saturated heterocycles. The standard InChI is InChI=1S/C11H15ClN2O2S/c12-9-3-1-5-11(7-9)17(15,16)14-6-2-4-10(13)8-14/h1,3,5,7,10H,2,4,6,8,13H2. The second-order valence-corrected chi connectivity index (χ2v) is 6.60. The highest BCUT2D eigenvalue weighted by atomic mass is 35.5. The molecule has 1 aromatic carbocycles. The summed E-state index contributed by atoms with van der Waals surface area (Å²) in [6.07, 6.45) is 1.68. The zero-order valence-corrected chi connectivity index (χ0v) is 10.9. The van der Waals surface area contributed by atoms with Crippen LogP contribution in [-0.4, -0.2) is 31.9 Å². The van der Waals surface area contributed by atoms with Gasteiger partial charge in [0.15, 0.2) is 0 Å². The number of hydrogen-bond acceptors (Lipinski definition) is 3. The molecule has 1 unspecified atom stereocenters. The largest absolute Gasteiger partial charge is 0.327 e. The summed E-state index contributed by atoms with van der Waals surface area (Å²) in [5.41, 5.74) is 5.80. The van der Waals surface area contributed by atoms with Gasteiger partial charge in [-0.25, -0.2) is 8.42 Å². The molecule has 1 aliphatic heterocycles. The molecule has 1 heterocycles. The summed E-state index contributed by atoms with van der Waals surface area (Å²) >= 11 is 5.81. The fraction of sp³-hybridized carbons (Fsp3) is 0.455. The molecule has 0 amide bonds. The molecule has 1 atom stereocenters. The van der Waals surface area contributed by atoms with Crippen LogP contribution in [0.5, 0.6) is 0 Å². The van der Waals surface area contributed by atoms with Gasteiger partial charge in [-0.2, -0.15) is 4.31 Å². The summed E-state index contributed by atoms with van der Waals surface area (Å²) in [4.78, 5) is 0.235. The van der Waals surface area contributed by atoms with E-state index in [2.05, 4.69) is 0 Å². The molecule has 0 bridgehead atoms. The SMILES string of the molecule is NC1CCCN(S(=O)(=O)c2cccc(Cl)c2)C1. The average molecular weight is 275 g/mol. The Morgan fingerprint density at radius 1 is 1.41 bits per heavy atom. The van der Waals surface area contributed by atoms with Crippen molar-refractivity contribution in [2.45, 2.75) is 23.8 Å². The predicted molar refractivity (Wildman–Crippen MR) is 67.4 cm³/mol. The number of halogens is 1. The van der Waals surface area contributed by atoms with Crippen LogP contribution in [0.15, 0.2) is 29.2 Å². The van der Waals surface area contributed by atoms with E-state index in [0.717, 1.165) is 12.8 Å². The fourth-order valence-corrected chi connectivity index (χ4v) is 3.81. The summed E-state index contributed by atoms with van der Waals surface area (Å²) in [5, 5.41) is 0.424. The van der Waals surface area contributed by atoms with Crippen molar-refractivity contribution in [2.24, 2.45) is 5.73 Å². The summed E-state index contributed by atoms with van der Waals surface area (Å²) in [6, 6.07) is 6.25. The van der Waals surface area contributed by atoms with Crippen LogP contribution < -0.4 is 5.73 Å². The van der Waals surface area contributed by atoms with E-state index in [0.29, 0.717) is 18.1 Å². The normalized spacial score (nSPS) is 22.6. The van der Waals surface area contributed by atoms with Gasteiger partial charge in [-0.05, 0) is 31.0 Å². The topological polar surface area (TPSA) is 63.4 Å². The Morgan fingerprint density at radius 2 is 2.18 bits per heavy atom. The van der Waals surface area contributed by atoms with Gasteiger partial charge in [0.05, 0.1) is 4.90 Å². The highest BCUT2D eigenvalue weighted by molar-refractivity contribution is 7.89. The lowest BCUT2D eigenvalue weighted by atomic mass is 10.1. The van der Waals surface area contributed by atoms with Gasteiger partial charge in [0.2, 0.25) is 10.0 Å². The van der Waals surface area contributed by atoms with E-state index in [1.165, 1.54) is 10.4 Å². The molecule has 2 N–H and O–H groups in total. The van der Waals surface area contributed by atoms with Gasteiger partial charge < -0.3 is 5.73 Å². The van der Waals surface area contributed by atoms with Crippen molar-refractivity contribution in [1.29, 1.82) is 0 Å². The minimum atomic E-state index is -3.45. The smallest absolute Gasteiger partial charge is 0.243 e. The van der Waals surface area contributed by atoms with Crippen LogP contribution in [0.25, 0.3) is 0 Å². The van der Waals surface area contributed by atoms with Crippen LogP contribution in [-0.2, 0) is 10.0 Å². The number of benzene rings is 1. The molecule has 0 aromatic heterocycles. The number of nitrogens with two attached hydrogens (primary N) is 1. The highest BCUT2D eigenvalue weighted by Crippen LogP contribution is 2.22. The van der Waals surface area contributed by atoms with Crippen LogP contribution in [0.3, 0.4) is 0 Å².